The first-order valence-corrected chi connectivity index (χ1v) is 16.2. The van der Waals surface area contributed by atoms with Crippen molar-refractivity contribution in [3.63, 3.8) is 0 Å². The van der Waals surface area contributed by atoms with Gasteiger partial charge in [0, 0.05) is 31.6 Å². The minimum atomic E-state index is -1.15. The van der Waals surface area contributed by atoms with Crippen LogP contribution in [0.1, 0.15) is 59.4 Å². The number of aromatic nitrogens is 3. The summed E-state index contributed by atoms with van der Waals surface area (Å²) >= 11 is 0. The molecule has 11 heteroatoms. The highest BCUT2D eigenvalue weighted by Gasteiger charge is 2.31. The summed E-state index contributed by atoms with van der Waals surface area (Å²) in [6.07, 6.45) is 0.678. The first-order valence-electron chi connectivity index (χ1n) is 16.2. The summed E-state index contributed by atoms with van der Waals surface area (Å²) in [7, 11) is 0. The summed E-state index contributed by atoms with van der Waals surface area (Å²) in [5.74, 6) is 1.31. The third-order valence-electron chi connectivity index (χ3n) is 7.95. The van der Waals surface area contributed by atoms with Crippen LogP contribution in [-0.2, 0) is 38.8 Å². The second-order valence-corrected chi connectivity index (χ2v) is 11.6. The predicted molar refractivity (Wildman–Crippen MR) is 180 cm³/mol. The van der Waals surface area contributed by atoms with E-state index in [0.29, 0.717) is 62.9 Å². The van der Waals surface area contributed by atoms with E-state index in [-0.39, 0.29) is 12.5 Å². The highest BCUT2D eigenvalue weighted by atomic mass is 16.6. The van der Waals surface area contributed by atoms with E-state index in [2.05, 4.69) is 28.3 Å². The van der Waals surface area contributed by atoms with Crippen molar-refractivity contribution in [2.24, 2.45) is 0 Å². The number of anilines is 1. The lowest BCUT2D eigenvalue weighted by Crippen LogP contribution is -2.41. The number of nitrogen functional groups attached to an aromatic ring is 1. The average molecular weight is 633 g/mol. The Bertz CT molecular complexity index is 1630. The number of likely N-dealkylation sites (N-methyl/N-ethyl adjacent to an activating group) is 1. The van der Waals surface area contributed by atoms with Gasteiger partial charge in [-0.15, -0.1) is 0 Å². The van der Waals surface area contributed by atoms with Crippen LogP contribution in [0.2, 0.25) is 0 Å². The Morgan fingerprint density at radius 1 is 0.978 bits per heavy atom. The minimum Gasteiger partial charge on any atom is -0.476 e. The molecule has 4 aromatic rings. The second kappa shape index (κ2) is 15.9. The molecule has 2 aromatic carbocycles. The number of nitrogens with two attached hydrogens (primary N) is 1. The number of ether oxygens (including phenoxy) is 3. The normalized spacial score (nSPS) is 11.8. The molecule has 1 amide bonds. The average Bonchev–Trinajstić information content (AvgIpc) is 3.41. The Kier molecular flexibility index (Phi) is 11.9. The van der Waals surface area contributed by atoms with Crippen molar-refractivity contribution in [1.82, 2.24) is 24.3 Å². The third-order valence-corrected chi connectivity index (χ3v) is 7.95. The molecule has 4 rings (SSSR count). The van der Waals surface area contributed by atoms with Crippen molar-refractivity contribution in [2.45, 2.75) is 73.3 Å². The van der Waals surface area contributed by atoms with Crippen molar-refractivity contribution >= 4 is 39.6 Å². The number of nitrogens with zero attached hydrogens (tertiary/aromatic N) is 5. The molecule has 0 spiro atoms. The molecule has 0 fully saturated rings. The summed E-state index contributed by atoms with van der Waals surface area (Å²) in [6, 6.07) is 15.4. The van der Waals surface area contributed by atoms with Crippen LogP contribution in [-0.4, -0.2) is 81.2 Å². The Hall–Kier alpha value is -4.22. The maximum Gasteiger partial charge on any atom is 0.349 e. The van der Waals surface area contributed by atoms with E-state index in [1.165, 1.54) is 0 Å². The number of carbonyl (C=O) groups is 2. The Labute approximate surface area is 271 Å². The molecule has 0 aliphatic carbocycles. The van der Waals surface area contributed by atoms with Gasteiger partial charge in [0.2, 0.25) is 5.91 Å². The van der Waals surface area contributed by atoms with E-state index < -0.39 is 11.6 Å². The number of rotatable bonds is 17. The van der Waals surface area contributed by atoms with Gasteiger partial charge in [0.15, 0.2) is 11.4 Å². The zero-order valence-corrected chi connectivity index (χ0v) is 28.0. The molecule has 0 saturated heterocycles. The fraction of sp³-hybridized carbons (Fsp3) is 0.486. The van der Waals surface area contributed by atoms with Gasteiger partial charge in [-0.1, -0.05) is 44.2 Å². The van der Waals surface area contributed by atoms with E-state index in [9.17, 15) is 9.59 Å². The second-order valence-electron chi connectivity index (χ2n) is 11.6. The SMILES string of the molecule is CCOCc1nc2c(N)nc3ccccc3c2n1CCCN(Cc1cccc(OC(C)(C)C(=O)OCC)c1)C(=O)CN(CC)CC. The van der Waals surface area contributed by atoms with Gasteiger partial charge in [-0.25, -0.2) is 14.8 Å². The van der Waals surface area contributed by atoms with Crippen LogP contribution >= 0.6 is 0 Å². The number of imidazole rings is 1. The number of carbonyl (C=O) groups excluding carboxylic acids is 2. The zero-order chi connectivity index (χ0) is 33.3. The maximum atomic E-state index is 13.7. The maximum absolute atomic E-state index is 13.7. The zero-order valence-electron chi connectivity index (χ0n) is 28.0. The Morgan fingerprint density at radius 2 is 1.74 bits per heavy atom. The number of pyridine rings is 1. The van der Waals surface area contributed by atoms with E-state index in [4.69, 9.17) is 24.9 Å². The summed E-state index contributed by atoms with van der Waals surface area (Å²) in [5, 5.41) is 0.971. The Morgan fingerprint density at radius 3 is 2.46 bits per heavy atom. The van der Waals surface area contributed by atoms with E-state index in [0.717, 1.165) is 40.9 Å². The smallest absolute Gasteiger partial charge is 0.349 e. The molecule has 0 bridgehead atoms. The van der Waals surface area contributed by atoms with Crippen LogP contribution in [0.15, 0.2) is 48.5 Å². The standard InChI is InChI=1S/C35H48N6O5/c1-7-39(8-2)23-30(42)40(22-25-15-13-16-26(21-25)46-35(5,6)34(43)45-10-4)19-14-20-41-29(24-44-9-3)38-31-32(41)27-17-11-12-18-28(27)37-33(31)36/h11-13,15-18,21H,7-10,14,19-20,22-24H2,1-6H3,(H2,36,37). The number of fused-ring (bicyclic) bond motifs is 3. The summed E-state index contributed by atoms with van der Waals surface area (Å²) in [5.41, 5.74) is 8.51. The first-order chi connectivity index (χ1) is 22.1. The largest absolute Gasteiger partial charge is 0.476 e. The molecule has 2 aromatic heterocycles. The highest BCUT2D eigenvalue weighted by molar-refractivity contribution is 6.06. The molecule has 11 nitrogen and oxygen atoms in total. The molecule has 0 atom stereocenters. The summed E-state index contributed by atoms with van der Waals surface area (Å²) in [4.78, 5) is 39.6. The molecule has 2 N–H and O–H groups in total. The highest BCUT2D eigenvalue weighted by Crippen LogP contribution is 2.29. The number of esters is 1. The summed E-state index contributed by atoms with van der Waals surface area (Å²) in [6.45, 7) is 15.8. The van der Waals surface area contributed by atoms with Gasteiger partial charge in [-0.05, 0) is 71.0 Å². The molecular weight excluding hydrogens is 584 g/mol. The third kappa shape index (κ3) is 8.32. The number of benzene rings is 2. The molecule has 0 unspecified atom stereocenters. The van der Waals surface area contributed by atoms with E-state index in [1.807, 2.05) is 60.4 Å². The van der Waals surface area contributed by atoms with Crippen molar-refractivity contribution < 1.29 is 23.8 Å². The van der Waals surface area contributed by atoms with Crippen LogP contribution < -0.4 is 10.5 Å². The monoisotopic (exact) mass is 632 g/mol. The topological polar surface area (TPSA) is 125 Å². The number of para-hydroxylation sites is 1. The van der Waals surface area contributed by atoms with Crippen LogP contribution in [0.4, 0.5) is 5.82 Å². The molecular formula is C35H48N6O5. The fourth-order valence-electron chi connectivity index (χ4n) is 5.47. The number of aryl methyl sites for hydroxylation is 1. The molecule has 0 aliphatic rings. The molecule has 46 heavy (non-hydrogen) atoms. The quantitative estimate of drug-likeness (QED) is 0.157. The van der Waals surface area contributed by atoms with Gasteiger partial charge in [0.05, 0.1) is 24.2 Å². The first kappa shape index (κ1) is 34.6. The van der Waals surface area contributed by atoms with E-state index >= 15 is 0 Å². The van der Waals surface area contributed by atoms with Crippen molar-refractivity contribution in [3.05, 3.63) is 59.9 Å². The van der Waals surface area contributed by atoms with Crippen LogP contribution in [0.5, 0.6) is 5.75 Å². The van der Waals surface area contributed by atoms with Gasteiger partial charge >= 0.3 is 5.97 Å². The lowest BCUT2D eigenvalue weighted by Gasteiger charge is -2.27. The van der Waals surface area contributed by atoms with Crippen LogP contribution in [0, 0.1) is 0 Å². The van der Waals surface area contributed by atoms with Crippen molar-refractivity contribution in [2.75, 3.05) is 45.1 Å². The lowest BCUT2D eigenvalue weighted by molar-refractivity contribution is -0.158. The van der Waals surface area contributed by atoms with Crippen LogP contribution in [0.3, 0.4) is 0 Å². The van der Waals surface area contributed by atoms with Gasteiger partial charge < -0.3 is 29.4 Å². The van der Waals surface area contributed by atoms with Gasteiger partial charge in [-0.2, -0.15) is 0 Å². The molecule has 248 valence electrons. The molecule has 2 heterocycles. The van der Waals surface area contributed by atoms with E-state index in [1.54, 1.807) is 20.8 Å². The lowest BCUT2D eigenvalue weighted by atomic mass is 10.1. The molecule has 0 saturated carbocycles. The molecule has 0 radical (unpaired) electrons. The minimum absolute atomic E-state index is 0.0470. The van der Waals surface area contributed by atoms with Crippen LogP contribution in [0.25, 0.3) is 21.9 Å². The van der Waals surface area contributed by atoms with Gasteiger partial charge in [-0.3, -0.25) is 9.69 Å². The van der Waals surface area contributed by atoms with Crippen molar-refractivity contribution in [1.29, 1.82) is 0 Å². The Balaban J connectivity index is 1.60. The van der Waals surface area contributed by atoms with Crippen molar-refractivity contribution in [3.8, 4) is 5.75 Å². The number of hydrogen-bond acceptors (Lipinski definition) is 9. The number of amides is 1. The van der Waals surface area contributed by atoms with Gasteiger partial charge in [0.25, 0.3) is 0 Å². The molecule has 0 aliphatic heterocycles. The number of hydrogen-bond donors (Lipinski definition) is 1. The van der Waals surface area contributed by atoms with Gasteiger partial charge in [0.1, 0.15) is 23.7 Å². The fourth-order valence-corrected chi connectivity index (χ4v) is 5.47. The predicted octanol–water partition coefficient (Wildman–Crippen LogP) is 5.18. The summed E-state index contributed by atoms with van der Waals surface area (Å²) < 4.78 is 19.1.